The number of benzene rings is 2. The predicted molar refractivity (Wildman–Crippen MR) is 90.4 cm³/mol. The number of fused-ring (bicyclic) bond motifs is 1. The van der Waals surface area contributed by atoms with Crippen LogP contribution in [0.25, 0.3) is 10.9 Å². The Morgan fingerprint density at radius 2 is 1.91 bits per heavy atom. The second kappa shape index (κ2) is 6.24. The van der Waals surface area contributed by atoms with Gasteiger partial charge < -0.3 is 10.3 Å². The fourth-order valence-corrected chi connectivity index (χ4v) is 2.72. The van der Waals surface area contributed by atoms with Gasteiger partial charge in [0.1, 0.15) is 0 Å². The molecule has 22 heavy (non-hydrogen) atoms. The maximum Gasteiger partial charge on any atom is 0.251 e. The van der Waals surface area contributed by atoms with Crippen molar-refractivity contribution in [2.24, 2.45) is 0 Å². The third kappa shape index (κ3) is 3.15. The van der Waals surface area contributed by atoms with Crippen molar-refractivity contribution < 1.29 is 4.79 Å². The van der Waals surface area contributed by atoms with Crippen molar-refractivity contribution in [2.45, 2.75) is 19.4 Å². The highest BCUT2D eigenvalue weighted by atomic mass is 35.5. The Morgan fingerprint density at radius 1 is 1.18 bits per heavy atom. The molecule has 0 aliphatic rings. The number of hydrogen-bond donors (Lipinski definition) is 2. The van der Waals surface area contributed by atoms with Gasteiger partial charge in [-0.2, -0.15) is 0 Å². The molecular weight excluding hydrogens is 296 g/mol. The number of hydrogen-bond acceptors (Lipinski definition) is 1. The molecule has 3 rings (SSSR count). The number of aromatic nitrogens is 1. The van der Waals surface area contributed by atoms with Gasteiger partial charge in [-0.05, 0) is 49.2 Å². The summed E-state index contributed by atoms with van der Waals surface area (Å²) in [5.74, 6) is -0.0796. The van der Waals surface area contributed by atoms with E-state index in [4.69, 9.17) is 11.6 Å². The summed E-state index contributed by atoms with van der Waals surface area (Å²) in [6.07, 6.45) is 2.79. The van der Waals surface area contributed by atoms with Gasteiger partial charge >= 0.3 is 0 Å². The van der Waals surface area contributed by atoms with Gasteiger partial charge in [-0.25, -0.2) is 0 Å². The molecule has 3 nitrogen and oxygen atoms in total. The molecule has 4 heteroatoms. The number of para-hydroxylation sites is 1. The summed E-state index contributed by atoms with van der Waals surface area (Å²) in [6.45, 7) is 2.01. The molecule has 1 heterocycles. The zero-order valence-electron chi connectivity index (χ0n) is 12.3. The summed E-state index contributed by atoms with van der Waals surface area (Å²) in [6, 6.07) is 15.1. The topological polar surface area (TPSA) is 44.9 Å². The van der Waals surface area contributed by atoms with Crippen molar-refractivity contribution in [1.82, 2.24) is 10.3 Å². The second-order valence-corrected chi connectivity index (χ2v) is 5.88. The van der Waals surface area contributed by atoms with Gasteiger partial charge in [-0.15, -0.1) is 0 Å². The van der Waals surface area contributed by atoms with E-state index in [1.807, 2.05) is 25.3 Å². The monoisotopic (exact) mass is 312 g/mol. The molecule has 1 aromatic heterocycles. The zero-order chi connectivity index (χ0) is 15.5. The van der Waals surface area contributed by atoms with Crippen LogP contribution in [0.15, 0.2) is 54.7 Å². The lowest BCUT2D eigenvalue weighted by Gasteiger charge is -2.13. The highest BCUT2D eigenvalue weighted by molar-refractivity contribution is 6.30. The molecule has 0 unspecified atom stereocenters. The Morgan fingerprint density at radius 3 is 2.68 bits per heavy atom. The highest BCUT2D eigenvalue weighted by Gasteiger charge is 2.12. The SMILES string of the molecule is C[C@@H](Cc1c[nH]c2ccccc12)NC(=O)c1ccc(Cl)cc1. The maximum absolute atomic E-state index is 12.2. The molecule has 0 aliphatic heterocycles. The largest absolute Gasteiger partial charge is 0.361 e. The van der Waals surface area contributed by atoms with E-state index in [1.165, 1.54) is 10.9 Å². The number of nitrogens with one attached hydrogen (secondary N) is 2. The van der Waals surface area contributed by atoms with Crippen molar-refractivity contribution in [3.63, 3.8) is 0 Å². The van der Waals surface area contributed by atoms with E-state index in [0.717, 1.165) is 11.9 Å². The summed E-state index contributed by atoms with van der Waals surface area (Å²) in [4.78, 5) is 15.5. The minimum Gasteiger partial charge on any atom is -0.361 e. The molecule has 0 bridgehead atoms. The predicted octanol–water partition coefficient (Wildman–Crippen LogP) is 4.18. The third-order valence-corrected chi connectivity index (χ3v) is 3.94. The minimum absolute atomic E-state index is 0.0439. The molecule has 0 radical (unpaired) electrons. The van der Waals surface area contributed by atoms with Crippen LogP contribution in [-0.2, 0) is 6.42 Å². The maximum atomic E-state index is 12.2. The summed E-state index contributed by atoms with van der Waals surface area (Å²) in [7, 11) is 0. The Labute approximate surface area is 134 Å². The number of H-pyrrole nitrogens is 1. The Balaban J connectivity index is 1.68. The lowest BCUT2D eigenvalue weighted by Crippen LogP contribution is -2.34. The van der Waals surface area contributed by atoms with Gasteiger partial charge in [0.15, 0.2) is 0 Å². The van der Waals surface area contributed by atoms with Crippen molar-refractivity contribution in [2.75, 3.05) is 0 Å². The molecule has 1 amide bonds. The van der Waals surface area contributed by atoms with E-state index in [-0.39, 0.29) is 11.9 Å². The first-order valence-electron chi connectivity index (χ1n) is 7.25. The lowest BCUT2D eigenvalue weighted by molar-refractivity contribution is 0.0940. The van der Waals surface area contributed by atoms with Gasteiger partial charge in [0.2, 0.25) is 0 Å². The van der Waals surface area contributed by atoms with Crippen molar-refractivity contribution in [3.8, 4) is 0 Å². The van der Waals surface area contributed by atoms with E-state index < -0.39 is 0 Å². The van der Waals surface area contributed by atoms with E-state index >= 15 is 0 Å². The first-order valence-corrected chi connectivity index (χ1v) is 7.62. The van der Waals surface area contributed by atoms with Crippen LogP contribution in [0.2, 0.25) is 5.02 Å². The van der Waals surface area contributed by atoms with Gasteiger partial charge in [-0.1, -0.05) is 29.8 Å². The molecule has 0 saturated heterocycles. The van der Waals surface area contributed by atoms with Crippen LogP contribution in [-0.4, -0.2) is 16.9 Å². The summed E-state index contributed by atoms with van der Waals surface area (Å²) >= 11 is 5.84. The van der Waals surface area contributed by atoms with Crippen molar-refractivity contribution in [1.29, 1.82) is 0 Å². The van der Waals surface area contributed by atoms with E-state index in [9.17, 15) is 4.79 Å². The Kier molecular flexibility index (Phi) is 4.16. The summed E-state index contributed by atoms with van der Waals surface area (Å²) in [5, 5.41) is 4.85. The Bertz CT molecular complexity index is 792. The van der Waals surface area contributed by atoms with Crippen LogP contribution in [0.3, 0.4) is 0 Å². The Hall–Kier alpha value is -2.26. The molecule has 0 saturated carbocycles. The average Bonchev–Trinajstić information content (AvgIpc) is 2.91. The second-order valence-electron chi connectivity index (χ2n) is 5.45. The fourth-order valence-electron chi connectivity index (χ4n) is 2.59. The number of carbonyl (C=O) groups is 1. The third-order valence-electron chi connectivity index (χ3n) is 3.68. The molecular formula is C18H17ClN2O. The highest BCUT2D eigenvalue weighted by Crippen LogP contribution is 2.19. The van der Waals surface area contributed by atoms with Crippen LogP contribution in [0, 0.1) is 0 Å². The molecule has 2 aromatic carbocycles. The van der Waals surface area contributed by atoms with E-state index in [0.29, 0.717) is 10.6 Å². The number of halogens is 1. The van der Waals surface area contributed by atoms with Crippen LogP contribution in [0.5, 0.6) is 0 Å². The molecule has 2 N–H and O–H groups in total. The van der Waals surface area contributed by atoms with Gasteiger partial charge in [0.25, 0.3) is 5.91 Å². The normalized spacial score (nSPS) is 12.3. The number of aromatic amines is 1. The van der Waals surface area contributed by atoms with Crippen molar-refractivity contribution in [3.05, 3.63) is 70.9 Å². The van der Waals surface area contributed by atoms with Gasteiger partial charge in [0.05, 0.1) is 0 Å². The zero-order valence-corrected chi connectivity index (χ0v) is 13.0. The first-order chi connectivity index (χ1) is 10.6. The van der Waals surface area contributed by atoms with E-state index in [1.54, 1.807) is 24.3 Å². The average molecular weight is 313 g/mol. The first kappa shape index (κ1) is 14.7. The molecule has 0 fully saturated rings. The number of amides is 1. The molecule has 0 spiro atoms. The summed E-state index contributed by atoms with van der Waals surface area (Å²) in [5.41, 5.74) is 2.95. The van der Waals surface area contributed by atoms with Gasteiger partial charge in [0, 0.05) is 33.7 Å². The van der Waals surface area contributed by atoms with Crippen LogP contribution in [0.1, 0.15) is 22.8 Å². The fraction of sp³-hybridized carbons (Fsp3) is 0.167. The summed E-state index contributed by atoms with van der Waals surface area (Å²) < 4.78 is 0. The van der Waals surface area contributed by atoms with Crippen LogP contribution in [0.4, 0.5) is 0 Å². The molecule has 1 atom stereocenters. The van der Waals surface area contributed by atoms with Crippen molar-refractivity contribution >= 4 is 28.4 Å². The van der Waals surface area contributed by atoms with Gasteiger partial charge in [-0.3, -0.25) is 4.79 Å². The molecule has 3 aromatic rings. The molecule has 112 valence electrons. The quantitative estimate of drug-likeness (QED) is 0.745. The van der Waals surface area contributed by atoms with Crippen LogP contribution >= 0.6 is 11.6 Å². The van der Waals surface area contributed by atoms with Crippen LogP contribution < -0.4 is 5.32 Å². The standard InChI is InChI=1S/C18H17ClN2O/c1-12(21-18(22)13-6-8-15(19)9-7-13)10-14-11-20-17-5-3-2-4-16(14)17/h2-9,11-12,20H,10H2,1H3,(H,21,22)/t12-/m0/s1. The smallest absolute Gasteiger partial charge is 0.251 e. The lowest BCUT2D eigenvalue weighted by atomic mass is 10.1. The van der Waals surface area contributed by atoms with E-state index in [2.05, 4.69) is 22.4 Å². The molecule has 0 aliphatic carbocycles. The minimum atomic E-state index is -0.0796. The number of carbonyl (C=O) groups excluding carboxylic acids is 1. The number of rotatable bonds is 4.